The highest BCUT2D eigenvalue weighted by Crippen LogP contribution is 2.41. The minimum absolute atomic E-state index is 0.167. The quantitative estimate of drug-likeness (QED) is 0.352. The lowest BCUT2D eigenvalue weighted by Gasteiger charge is -2.41. The van der Waals surface area contributed by atoms with Crippen molar-refractivity contribution >= 4 is 24.7 Å². The third kappa shape index (κ3) is 4.69. The van der Waals surface area contributed by atoms with Gasteiger partial charge in [-0.15, -0.1) is 0 Å². The van der Waals surface area contributed by atoms with Crippen LogP contribution >= 0.6 is 0 Å². The molecule has 1 heterocycles. The van der Waals surface area contributed by atoms with Crippen molar-refractivity contribution < 1.29 is 19.1 Å². The van der Waals surface area contributed by atoms with Crippen LogP contribution in [0.1, 0.15) is 58.8 Å². The summed E-state index contributed by atoms with van der Waals surface area (Å²) in [4.78, 5) is 23.7. The Balaban J connectivity index is 1.67. The Hall–Kier alpha value is -1.95. The van der Waals surface area contributed by atoms with Gasteiger partial charge in [-0.25, -0.2) is 0 Å². The van der Waals surface area contributed by atoms with Crippen LogP contribution in [0.5, 0.6) is 0 Å². The first-order chi connectivity index (χ1) is 14.3. The maximum atomic E-state index is 12.2. The Bertz CT molecular complexity index is 782. The van der Waals surface area contributed by atoms with Crippen molar-refractivity contribution in [2.24, 2.45) is 0 Å². The average molecular weight is 427 g/mol. The molecule has 1 aliphatic rings. The van der Waals surface area contributed by atoms with Crippen LogP contribution in [-0.2, 0) is 14.3 Å². The van der Waals surface area contributed by atoms with E-state index in [1.807, 2.05) is 36.4 Å². The minimum atomic E-state index is -2.94. The van der Waals surface area contributed by atoms with Crippen LogP contribution < -0.4 is 10.4 Å². The molecule has 0 aliphatic carbocycles. The molecule has 0 aromatic heterocycles. The van der Waals surface area contributed by atoms with Gasteiger partial charge in [-0.2, -0.15) is 0 Å². The van der Waals surface area contributed by atoms with E-state index in [4.69, 9.17) is 9.47 Å². The van der Waals surface area contributed by atoms with Gasteiger partial charge in [0.15, 0.2) is 0 Å². The summed E-state index contributed by atoms with van der Waals surface area (Å²) in [6.45, 7) is 4.41. The normalized spacial score (nSPS) is 19.7. The van der Waals surface area contributed by atoms with Gasteiger partial charge in [-0.1, -0.05) is 87.4 Å². The van der Waals surface area contributed by atoms with Gasteiger partial charge >= 0.3 is 5.97 Å². The van der Waals surface area contributed by atoms with Crippen LogP contribution in [0.25, 0.3) is 0 Å². The summed E-state index contributed by atoms with van der Waals surface area (Å²) in [5, 5.41) is 1.88. The Morgan fingerprint density at radius 2 is 1.57 bits per heavy atom. The molecule has 0 saturated carbocycles. The van der Waals surface area contributed by atoms with E-state index in [1.165, 1.54) is 0 Å². The van der Waals surface area contributed by atoms with Crippen molar-refractivity contribution in [1.82, 2.24) is 0 Å². The van der Waals surface area contributed by atoms with E-state index in [1.54, 1.807) is 7.11 Å². The van der Waals surface area contributed by atoms with Crippen molar-refractivity contribution in [3.05, 3.63) is 60.7 Å². The third-order valence-corrected chi connectivity index (χ3v) is 11.2. The first-order valence-electron chi connectivity index (χ1n) is 10.9. The number of benzene rings is 2. The zero-order chi connectivity index (χ0) is 21.7. The van der Waals surface area contributed by atoms with E-state index in [9.17, 15) is 9.59 Å². The van der Waals surface area contributed by atoms with Gasteiger partial charge in [-0.05, 0) is 28.3 Å². The van der Waals surface area contributed by atoms with Gasteiger partial charge in [-0.3, -0.25) is 4.79 Å². The first-order valence-corrected chi connectivity index (χ1v) is 12.9. The number of ether oxygens (including phenoxy) is 2. The monoisotopic (exact) mass is 426 g/mol. The van der Waals surface area contributed by atoms with Crippen molar-refractivity contribution in [2.45, 2.75) is 69.6 Å². The first kappa shape index (κ1) is 22.7. The molecule has 1 saturated heterocycles. The van der Waals surface area contributed by atoms with E-state index in [2.05, 4.69) is 38.1 Å². The summed E-state index contributed by atoms with van der Waals surface area (Å²) < 4.78 is 10.9. The highest BCUT2D eigenvalue weighted by atomic mass is 28.4. The van der Waals surface area contributed by atoms with E-state index in [0.717, 1.165) is 42.5 Å². The number of rotatable bonds is 10. The topological polar surface area (TPSA) is 55.8 Å². The molecule has 1 aliphatic heterocycles. The predicted molar refractivity (Wildman–Crippen MR) is 122 cm³/mol. The van der Waals surface area contributed by atoms with Crippen molar-refractivity contribution in [2.75, 3.05) is 7.11 Å². The maximum Gasteiger partial charge on any atom is 0.308 e. The number of carbonyl (C=O) groups excluding carboxylic acids is 1. The van der Waals surface area contributed by atoms with Gasteiger partial charge in [0, 0.05) is 20.0 Å². The lowest BCUT2D eigenvalue weighted by molar-refractivity contribution is -0.204. The molecule has 162 valence electrons. The number of methoxy groups -OCH3 is 1. The van der Waals surface area contributed by atoms with Crippen LogP contribution in [-0.4, -0.2) is 32.0 Å². The largest absolute Gasteiger partial charge is 0.433 e. The number of hydrogen-bond donors (Lipinski definition) is 1. The Morgan fingerprint density at radius 3 is 2.03 bits per heavy atom. The molecule has 1 atom stereocenters. The molecule has 0 radical (unpaired) electrons. The predicted octanol–water partition coefficient (Wildman–Crippen LogP) is 4.15. The molecule has 3 rings (SSSR count). The molecule has 5 heteroatoms. The zero-order valence-electron chi connectivity index (χ0n) is 18.4. The van der Waals surface area contributed by atoms with Crippen molar-refractivity contribution in [3.63, 3.8) is 0 Å². The maximum absolute atomic E-state index is 12.2. The lowest BCUT2D eigenvalue weighted by atomic mass is 10.00. The molecule has 2 aromatic carbocycles. The standard InChI is InChI=1S/C25H34O4Si/c1-24(2,18-11-6-12-19-25(28-3)20-17-23(26)29-25)30(27,21-13-7-4-8-14-21)22-15-9-5-10-16-22/h4-5,7-10,13-16,27H,6,11-12,17-20H2,1-3H3. The van der Waals surface area contributed by atoms with Crippen LogP contribution in [0.2, 0.25) is 5.04 Å². The summed E-state index contributed by atoms with van der Waals surface area (Å²) in [6, 6.07) is 20.3. The second-order valence-electron chi connectivity index (χ2n) is 8.98. The Labute approximate surface area is 181 Å². The SMILES string of the molecule is COC1(CCCCCC(C)(C)[Si](O)(c2ccccc2)c2ccccc2)CCC(=O)O1. The summed E-state index contributed by atoms with van der Waals surface area (Å²) in [5.74, 6) is -0.893. The summed E-state index contributed by atoms with van der Waals surface area (Å²) in [5.41, 5.74) is 0. The van der Waals surface area contributed by atoms with E-state index in [-0.39, 0.29) is 11.0 Å². The smallest absolute Gasteiger partial charge is 0.308 e. The van der Waals surface area contributed by atoms with E-state index < -0.39 is 14.1 Å². The molecule has 1 N–H and O–H groups in total. The van der Waals surface area contributed by atoms with Crippen molar-refractivity contribution in [1.29, 1.82) is 0 Å². The highest BCUT2D eigenvalue weighted by molar-refractivity contribution is 6.98. The zero-order valence-corrected chi connectivity index (χ0v) is 19.4. The Kier molecular flexibility index (Phi) is 7.16. The summed E-state index contributed by atoms with van der Waals surface area (Å²) in [6.07, 6.45) is 5.70. The molecule has 1 fully saturated rings. The van der Waals surface area contributed by atoms with Gasteiger partial charge in [0.2, 0.25) is 5.79 Å². The molecule has 30 heavy (non-hydrogen) atoms. The molecular weight excluding hydrogens is 392 g/mol. The number of unbranched alkanes of at least 4 members (excludes halogenated alkanes) is 2. The fourth-order valence-corrected chi connectivity index (χ4v) is 8.43. The third-order valence-electron chi connectivity index (χ3n) is 6.60. The molecular formula is C25H34O4Si. The lowest BCUT2D eigenvalue weighted by Crippen LogP contribution is -2.65. The van der Waals surface area contributed by atoms with Crippen LogP contribution in [0.3, 0.4) is 0 Å². The van der Waals surface area contributed by atoms with Gasteiger partial charge in [0.1, 0.15) is 0 Å². The van der Waals surface area contributed by atoms with Crippen LogP contribution in [0, 0.1) is 0 Å². The molecule has 4 nitrogen and oxygen atoms in total. The molecule has 2 aromatic rings. The number of hydrogen-bond acceptors (Lipinski definition) is 4. The van der Waals surface area contributed by atoms with Gasteiger partial charge < -0.3 is 14.3 Å². The van der Waals surface area contributed by atoms with Gasteiger partial charge in [0.25, 0.3) is 8.32 Å². The molecule has 0 spiro atoms. The Morgan fingerprint density at radius 1 is 1.00 bits per heavy atom. The van der Waals surface area contributed by atoms with E-state index >= 15 is 0 Å². The second kappa shape index (κ2) is 9.46. The van der Waals surface area contributed by atoms with Crippen LogP contribution in [0.15, 0.2) is 60.7 Å². The molecule has 0 bridgehead atoms. The van der Waals surface area contributed by atoms with Crippen LogP contribution in [0.4, 0.5) is 0 Å². The van der Waals surface area contributed by atoms with Gasteiger partial charge in [0.05, 0.1) is 6.42 Å². The minimum Gasteiger partial charge on any atom is -0.433 e. The fraction of sp³-hybridized carbons (Fsp3) is 0.480. The van der Waals surface area contributed by atoms with E-state index in [0.29, 0.717) is 12.8 Å². The summed E-state index contributed by atoms with van der Waals surface area (Å²) >= 11 is 0. The molecule has 1 unspecified atom stereocenters. The number of cyclic esters (lactones) is 1. The highest BCUT2D eigenvalue weighted by Gasteiger charge is 2.49. The number of carbonyl (C=O) groups is 1. The molecule has 0 amide bonds. The van der Waals surface area contributed by atoms with Crippen molar-refractivity contribution in [3.8, 4) is 0 Å². The number of esters is 1. The summed E-state index contributed by atoms with van der Waals surface area (Å²) in [7, 11) is -1.32. The fourth-order valence-electron chi connectivity index (χ4n) is 4.65. The average Bonchev–Trinajstić information content (AvgIpc) is 3.15. The second-order valence-corrected chi connectivity index (χ2v) is 12.9.